The molecule has 1 heterocycles. The minimum atomic E-state index is -1.12. The quantitative estimate of drug-likeness (QED) is 0.439. The lowest BCUT2D eigenvalue weighted by atomic mass is 9.60. The molecular weight excluding hydrogens is 514 g/mol. The van der Waals surface area contributed by atoms with E-state index >= 15 is 0 Å². The molecule has 5 saturated carbocycles. The van der Waals surface area contributed by atoms with Gasteiger partial charge in [-0.15, -0.1) is 23.2 Å². The zero-order valence-electron chi connectivity index (χ0n) is 20.4. The zero-order valence-corrected chi connectivity index (χ0v) is 21.9. The highest BCUT2D eigenvalue weighted by Gasteiger charge is 2.56. The van der Waals surface area contributed by atoms with Crippen LogP contribution in [-0.4, -0.2) is 88.7 Å². The van der Waals surface area contributed by atoms with E-state index in [-0.39, 0.29) is 55.1 Å². The van der Waals surface area contributed by atoms with Crippen molar-refractivity contribution in [1.82, 2.24) is 10.6 Å². The SMILES string of the molecule is O=C(COC1CCC(Cl)C(F)C1)NC12CCC(NC(=O)[C@H]3COC4CC(Cl)CCC4O3)(CC1)C[C@@H]2O. The number of fused-ring (bicyclic) bond motifs is 4. The van der Waals surface area contributed by atoms with Gasteiger partial charge in [0.2, 0.25) is 5.91 Å². The maximum atomic E-state index is 13.8. The van der Waals surface area contributed by atoms with Gasteiger partial charge in [0.25, 0.3) is 5.91 Å². The fourth-order valence-corrected chi connectivity index (χ4v) is 7.22. The molecule has 6 rings (SSSR count). The van der Waals surface area contributed by atoms with Crippen LogP contribution in [0, 0.1) is 0 Å². The fraction of sp³-hybridized carbons (Fsp3) is 0.920. The molecule has 36 heavy (non-hydrogen) atoms. The number of rotatable bonds is 6. The molecule has 0 spiro atoms. The van der Waals surface area contributed by atoms with E-state index < -0.39 is 34.8 Å². The van der Waals surface area contributed by atoms with Gasteiger partial charge >= 0.3 is 0 Å². The average molecular weight is 551 g/mol. The Morgan fingerprint density at radius 3 is 2.53 bits per heavy atom. The summed E-state index contributed by atoms with van der Waals surface area (Å²) in [5, 5.41) is 16.8. The van der Waals surface area contributed by atoms with Gasteiger partial charge in [-0.1, -0.05) is 0 Å². The van der Waals surface area contributed by atoms with E-state index in [9.17, 15) is 19.1 Å². The van der Waals surface area contributed by atoms with E-state index in [1.54, 1.807) is 0 Å². The molecule has 3 N–H and O–H groups in total. The Bertz CT molecular complexity index is 828. The van der Waals surface area contributed by atoms with Crippen molar-refractivity contribution >= 4 is 35.0 Å². The van der Waals surface area contributed by atoms with Gasteiger partial charge < -0.3 is 30.0 Å². The number of ether oxygens (including phenoxy) is 3. The predicted octanol–water partition coefficient (Wildman–Crippen LogP) is 2.49. The zero-order chi connectivity index (χ0) is 25.5. The van der Waals surface area contributed by atoms with E-state index in [0.717, 1.165) is 19.3 Å². The first-order valence-corrected chi connectivity index (χ1v) is 14.2. The molecule has 2 bridgehead atoms. The third kappa shape index (κ3) is 5.66. The minimum absolute atomic E-state index is 0.0587. The Morgan fingerprint density at radius 1 is 1.03 bits per heavy atom. The van der Waals surface area contributed by atoms with E-state index in [2.05, 4.69) is 10.6 Å². The molecule has 6 fully saturated rings. The lowest BCUT2D eigenvalue weighted by molar-refractivity contribution is -0.197. The van der Waals surface area contributed by atoms with Gasteiger partial charge in [-0.3, -0.25) is 9.59 Å². The average Bonchev–Trinajstić information content (AvgIpc) is 2.85. The van der Waals surface area contributed by atoms with E-state index in [0.29, 0.717) is 44.9 Å². The molecule has 5 aliphatic carbocycles. The van der Waals surface area contributed by atoms with Gasteiger partial charge in [0.1, 0.15) is 12.8 Å². The summed E-state index contributed by atoms with van der Waals surface area (Å²) in [5.41, 5.74) is -1.26. The van der Waals surface area contributed by atoms with Crippen molar-refractivity contribution in [1.29, 1.82) is 0 Å². The van der Waals surface area contributed by atoms with Crippen molar-refractivity contribution in [2.45, 2.75) is 129 Å². The molecule has 2 amide bonds. The molecule has 0 aromatic heterocycles. The van der Waals surface area contributed by atoms with Gasteiger partial charge in [-0.25, -0.2) is 4.39 Å². The first-order chi connectivity index (χ1) is 17.2. The van der Waals surface area contributed by atoms with Gasteiger partial charge in [0.15, 0.2) is 6.10 Å². The highest BCUT2D eigenvalue weighted by atomic mass is 35.5. The smallest absolute Gasteiger partial charge is 0.251 e. The standard InChI is InChI=1S/C25H37Cl2FN2O6/c26-14-1-4-18-19(9-14)35-12-20(36-18)23(33)30-24-5-7-25(8-6-24,21(31)11-24)29-22(32)13-34-15-2-3-16(27)17(28)10-15/h14-21,31H,1-13H2,(H,29,32)(H,30,33)/t14?,15?,16?,17?,18?,19?,20-,21+,24?,25?/m1/s1. The minimum Gasteiger partial charge on any atom is -0.391 e. The number of alkyl halides is 3. The summed E-state index contributed by atoms with van der Waals surface area (Å²) in [4.78, 5) is 25.7. The van der Waals surface area contributed by atoms with Crippen LogP contribution in [0.25, 0.3) is 0 Å². The van der Waals surface area contributed by atoms with Crippen molar-refractivity contribution < 1.29 is 33.3 Å². The maximum absolute atomic E-state index is 13.8. The van der Waals surface area contributed by atoms with Crippen LogP contribution in [-0.2, 0) is 23.8 Å². The number of amides is 2. The molecule has 0 aromatic rings. The first kappa shape index (κ1) is 26.9. The van der Waals surface area contributed by atoms with Gasteiger partial charge in [-0.2, -0.15) is 0 Å². The second kappa shape index (κ2) is 10.8. The first-order valence-electron chi connectivity index (χ1n) is 13.3. The topological polar surface area (TPSA) is 106 Å². The maximum Gasteiger partial charge on any atom is 0.251 e. The van der Waals surface area contributed by atoms with Crippen molar-refractivity contribution in [3.8, 4) is 0 Å². The normalized spacial score (nSPS) is 46.6. The van der Waals surface area contributed by atoms with E-state index in [1.165, 1.54) is 0 Å². The van der Waals surface area contributed by atoms with Crippen LogP contribution >= 0.6 is 23.2 Å². The van der Waals surface area contributed by atoms with Crippen LogP contribution in [0.5, 0.6) is 0 Å². The second-order valence-electron chi connectivity index (χ2n) is 11.4. The van der Waals surface area contributed by atoms with Crippen molar-refractivity contribution in [3.05, 3.63) is 0 Å². The number of hydrogen-bond donors (Lipinski definition) is 3. The van der Waals surface area contributed by atoms with Crippen LogP contribution in [0.3, 0.4) is 0 Å². The number of halogens is 3. The predicted molar refractivity (Wildman–Crippen MR) is 131 cm³/mol. The van der Waals surface area contributed by atoms with Crippen LogP contribution in [0.4, 0.5) is 4.39 Å². The van der Waals surface area contributed by atoms with Gasteiger partial charge in [-0.05, 0) is 64.2 Å². The van der Waals surface area contributed by atoms with Crippen molar-refractivity contribution in [3.63, 3.8) is 0 Å². The van der Waals surface area contributed by atoms with Crippen molar-refractivity contribution in [2.24, 2.45) is 0 Å². The number of hydrogen-bond acceptors (Lipinski definition) is 6. The molecule has 1 aliphatic heterocycles. The molecule has 0 aromatic carbocycles. The summed E-state index contributed by atoms with van der Waals surface area (Å²) in [6.45, 7) is 0.0251. The Hall–Kier alpha value is -0.710. The summed E-state index contributed by atoms with van der Waals surface area (Å²) >= 11 is 12.2. The van der Waals surface area contributed by atoms with Gasteiger partial charge in [0.05, 0.1) is 41.9 Å². The Morgan fingerprint density at radius 2 is 1.81 bits per heavy atom. The molecule has 6 unspecified atom stereocenters. The molecule has 8 nitrogen and oxygen atoms in total. The van der Waals surface area contributed by atoms with Crippen LogP contribution in [0.2, 0.25) is 0 Å². The third-order valence-corrected chi connectivity index (χ3v) is 9.84. The number of nitrogens with one attached hydrogen (secondary N) is 2. The summed E-state index contributed by atoms with van der Waals surface area (Å²) in [6, 6.07) is 0. The number of aliphatic hydroxyl groups excluding tert-OH is 1. The number of carbonyl (C=O) groups excluding carboxylic acids is 2. The number of aliphatic hydroxyl groups is 1. The van der Waals surface area contributed by atoms with E-state index in [4.69, 9.17) is 37.4 Å². The lowest BCUT2D eigenvalue weighted by Crippen LogP contribution is -2.71. The van der Waals surface area contributed by atoms with Crippen LogP contribution in [0.1, 0.15) is 70.6 Å². The lowest BCUT2D eigenvalue weighted by Gasteiger charge is -2.56. The molecule has 8 atom stereocenters. The summed E-state index contributed by atoms with van der Waals surface area (Å²) in [5.74, 6) is -0.525. The molecule has 1 saturated heterocycles. The molecule has 204 valence electrons. The fourth-order valence-electron chi connectivity index (χ4n) is 6.69. The highest BCUT2D eigenvalue weighted by molar-refractivity contribution is 6.21. The largest absolute Gasteiger partial charge is 0.391 e. The Labute approximate surface area is 221 Å². The molecular formula is C25H37Cl2FN2O6. The molecule has 11 heteroatoms. The Balaban J connectivity index is 1.10. The van der Waals surface area contributed by atoms with E-state index in [1.807, 2.05) is 0 Å². The third-order valence-electron chi connectivity index (χ3n) is 8.95. The van der Waals surface area contributed by atoms with Crippen LogP contribution in [0.15, 0.2) is 0 Å². The summed E-state index contributed by atoms with van der Waals surface area (Å²) < 4.78 is 31.5. The Kier molecular flexibility index (Phi) is 8.07. The van der Waals surface area contributed by atoms with Gasteiger partial charge in [0, 0.05) is 17.3 Å². The molecule has 0 radical (unpaired) electrons. The summed E-state index contributed by atoms with van der Waals surface area (Å²) in [7, 11) is 0. The second-order valence-corrected chi connectivity index (χ2v) is 12.6. The van der Waals surface area contributed by atoms with Crippen molar-refractivity contribution in [2.75, 3.05) is 13.2 Å². The van der Waals surface area contributed by atoms with Crippen LogP contribution < -0.4 is 10.6 Å². The summed E-state index contributed by atoms with van der Waals surface area (Å²) in [6.07, 6.45) is 3.37. The highest BCUT2D eigenvalue weighted by Crippen LogP contribution is 2.47. The molecule has 6 aliphatic rings. The number of carbonyl (C=O) groups is 2. The monoisotopic (exact) mass is 550 g/mol.